The molecule has 3 rings (SSSR count). The fraction of sp³-hybridized carbons (Fsp3) is 0.571. The summed E-state index contributed by atoms with van der Waals surface area (Å²) in [6.45, 7) is -0.563. The van der Waals surface area contributed by atoms with Crippen LogP contribution in [0.2, 0.25) is 0 Å². The monoisotopic (exact) mass is 424 g/mol. The molecule has 1 aromatic rings. The molecule has 0 amide bonds. The maximum absolute atomic E-state index is 12.3. The van der Waals surface area contributed by atoms with Crippen molar-refractivity contribution < 1.29 is 44.5 Å². The fourth-order valence-corrected chi connectivity index (χ4v) is 3.62. The number of aliphatic hydroxyl groups is 4. The molecule has 1 aliphatic heterocycles. The highest BCUT2D eigenvalue weighted by atomic mass is 16.7. The Bertz CT molecular complexity index is 720. The van der Waals surface area contributed by atoms with Crippen LogP contribution in [0.5, 0.6) is 5.75 Å². The number of ether oxygens (including phenoxy) is 3. The van der Waals surface area contributed by atoms with Crippen molar-refractivity contribution in [2.24, 2.45) is 0 Å². The minimum absolute atomic E-state index is 0.0921. The maximum atomic E-state index is 12.3. The molecule has 1 saturated carbocycles. The maximum Gasteiger partial charge on any atom is 0.331 e. The summed E-state index contributed by atoms with van der Waals surface area (Å²) < 4.78 is 16.6. The lowest BCUT2D eigenvalue weighted by Gasteiger charge is -2.43. The van der Waals surface area contributed by atoms with Gasteiger partial charge in [-0.3, -0.25) is 0 Å². The summed E-state index contributed by atoms with van der Waals surface area (Å²) in [6, 6.07) is 6.14. The second kappa shape index (κ2) is 10.3. The number of carbonyl (C=O) groups excluding carboxylic acids is 1. The van der Waals surface area contributed by atoms with E-state index in [1.54, 1.807) is 12.1 Å². The third-order valence-corrected chi connectivity index (χ3v) is 5.36. The first-order chi connectivity index (χ1) is 14.4. The van der Waals surface area contributed by atoms with Gasteiger partial charge >= 0.3 is 5.97 Å². The Morgan fingerprint density at radius 1 is 1.10 bits per heavy atom. The van der Waals surface area contributed by atoms with E-state index in [4.69, 9.17) is 14.2 Å². The van der Waals surface area contributed by atoms with Crippen molar-refractivity contribution in [2.75, 3.05) is 6.61 Å². The van der Waals surface area contributed by atoms with Crippen LogP contribution in [0.3, 0.4) is 0 Å². The zero-order valence-electron chi connectivity index (χ0n) is 16.4. The second-order valence-corrected chi connectivity index (χ2v) is 7.56. The van der Waals surface area contributed by atoms with E-state index >= 15 is 0 Å². The van der Waals surface area contributed by atoms with Gasteiger partial charge in [0.1, 0.15) is 24.1 Å². The number of carbonyl (C=O) groups is 1. The first kappa shape index (κ1) is 22.7. The van der Waals surface area contributed by atoms with Gasteiger partial charge in [-0.2, -0.15) is 0 Å². The van der Waals surface area contributed by atoms with Crippen molar-refractivity contribution in [2.45, 2.75) is 68.6 Å². The topological polar surface area (TPSA) is 146 Å². The lowest BCUT2D eigenvalue weighted by molar-refractivity contribution is -0.320. The van der Waals surface area contributed by atoms with E-state index in [1.165, 1.54) is 18.2 Å². The zero-order valence-corrected chi connectivity index (χ0v) is 16.4. The molecule has 1 saturated heterocycles. The molecule has 2 aliphatic rings. The van der Waals surface area contributed by atoms with Crippen molar-refractivity contribution in [3.8, 4) is 5.75 Å². The quantitative estimate of drug-likeness (QED) is 0.316. The zero-order chi connectivity index (χ0) is 21.7. The fourth-order valence-electron chi connectivity index (χ4n) is 3.62. The van der Waals surface area contributed by atoms with Crippen molar-refractivity contribution in [1.29, 1.82) is 0 Å². The van der Waals surface area contributed by atoms with Gasteiger partial charge in [0, 0.05) is 6.08 Å². The molecule has 0 bridgehead atoms. The van der Waals surface area contributed by atoms with Gasteiger partial charge in [-0.05, 0) is 36.6 Å². The summed E-state index contributed by atoms with van der Waals surface area (Å²) in [4.78, 5) is 12.3. The van der Waals surface area contributed by atoms with Gasteiger partial charge in [0.15, 0.2) is 12.4 Å². The third kappa shape index (κ3) is 5.57. The average Bonchev–Trinajstić information content (AvgIpc) is 2.74. The van der Waals surface area contributed by atoms with Crippen LogP contribution in [0.25, 0.3) is 6.08 Å². The molecular formula is C21H28O9. The summed E-state index contributed by atoms with van der Waals surface area (Å²) in [5, 5.41) is 49.5. The van der Waals surface area contributed by atoms with Crippen molar-refractivity contribution in [3.63, 3.8) is 0 Å². The standard InChI is InChI=1S/C21H28O9/c22-11-16-18(26)19(27)20(21(29-16)28-15-4-2-1-3-14(15)24)30-17(25)10-7-12-5-8-13(23)9-6-12/h5-10,14-16,18-24,26-27H,1-4,11H2/t14-,15-,16-,18-,19+,20+,21-/m1/s1. The van der Waals surface area contributed by atoms with Crippen LogP contribution in [-0.4, -0.2) is 81.0 Å². The Morgan fingerprint density at radius 2 is 1.80 bits per heavy atom. The molecule has 9 nitrogen and oxygen atoms in total. The Hall–Kier alpha value is -2.01. The van der Waals surface area contributed by atoms with E-state index in [1.807, 2.05) is 0 Å². The highest BCUT2D eigenvalue weighted by Gasteiger charge is 2.48. The molecule has 9 heteroatoms. The van der Waals surface area contributed by atoms with Gasteiger partial charge in [0.05, 0.1) is 18.8 Å². The number of benzene rings is 1. The smallest absolute Gasteiger partial charge is 0.331 e. The first-order valence-corrected chi connectivity index (χ1v) is 10.0. The van der Waals surface area contributed by atoms with Crippen LogP contribution in [0.1, 0.15) is 31.2 Å². The second-order valence-electron chi connectivity index (χ2n) is 7.56. The Labute approximate surface area is 174 Å². The van der Waals surface area contributed by atoms with E-state index in [-0.39, 0.29) is 5.75 Å². The van der Waals surface area contributed by atoms with Gasteiger partial charge in [0.2, 0.25) is 0 Å². The highest BCUT2D eigenvalue weighted by Crippen LogP contribution is 2.29. The summed E-state index contributed by atoms with van der Waals surface area (Å²) in [5.74, 6) is -0.710. The molecule has 0 unspecified atom stereocenters. The van der Waals surface area contributed by atoms with Gasteiger partial charge < -0.3 is 39.7 Å². The minimum atomic E-state index is -1.55. The van der Waals surface area contributed by atoms with Crippen LogP contribution in [0.4, 0.5) is 0 Å². The third-order valence-electron chi connectivity index (χ3n) is 5.36. The normalized spacial score (nSPS) is 34.7. The molecule has 5 N–H and O–H groups in total. The van der Waals surface area contributed by atoms with Gasteiger partial charge in [0.25, 0.3) is 0 Å². The van der Waals surface area contributed by atoms with Crippen LogP contribution in [-0.2, 0) is 19.0 Å². The molecule has 1 aliphatic carbocycles. The van der Waals surface area contributed by atoms with Gasteiger partial charge in [-0.15, -0.1) is 0 Å². The SMILES string of the molecule is O=C(C=Cc1ccc(O)cc1)O[C@@H]1[C@H](O[C@@H]2CCCC[C@H]2O)O[C@H](CO)[C@@H](O)[C@@H]1O. The van der Waals surface area contributed by atoms with Crippen LogP contribution in [0.15, 0.2) is 30.3 Å². The average molecular weight is 424 g/mol. The van der Waals surface area contributed by atoms with E-state index < -0.39 is 55.5 Å². The molecule has 1 heterocycles. The molecule has 2 fully saturated rings. The summed E-state index contributed by atoms with van der Waals surface area (Å²) in [6.07, 6.45) is -2.59. The Kier molecular flexibility index (Phi) is 7.81. The molecule has 0 radical (unpaired) electrons. The Balaban J connectivity index is 1.70. The van der Waals surface area contributed by atoms with Crippen LogP contribution >= 0.6 is 0 Å². The molecule has 0 aromatic heterocycles. The molecular weight excluding hydrogens is 396 g/mol. The van der Waals surface area contributed by atoms with E-state index in [2.05, 4.69) is 0 Å². The number of rotatable bonds is 6. The summed E-state index contributed by atoms with van der Waals surface area (Å²) in [5.41, 5.74) is 0.642. The van der Waals surface area contributed by atoms with Gasteiger partial charge in [-0.25, -0.2) is 4.79 Å². The lowest BCUT2D eigenvalue weighted by atomic mass is 9.94. The number of aromatic hydroxyl groups is 1. The van der Waals surface area contributed by atoms with E-state index in [0.717, 1.165) is 18.9 Å². The summed E-state index contributed by atoms with van der Waals surface area (Å²) >= 11 is 0. The highest BCUT2D eigenvalue weighted by molar-refractivity contribution is 5.87. The number of aliphatic hydroxyl groups excluding tert-OH is 4. The molecule has 7 atom stereocenters. The van der Waals surface area contributed by atoms with Crippen molar-refractivity contribution in [1.82, 2.24) is 0 Å². The largest absolute Gasteiger partial charge is 0.508 e. The van der Waals surface area contributed by atoms with Crippen molar-refractivity contribution in [3.05, 3.63) is 35.9 Å². The number of hydrogen-bond donors (Lipinski definition) is 5. The summed E-state index contributed by atoms with van der Waals surface area (Å²) in [7, 11) is 0. The van der Waals surface area contributed by atoms with Crippen molar-refractivity contribution >= 4 is 12.0 Å². The molecule has 0 spiro atoms. The number of hydrogen-bond acceptors (Lipinski definition) is 9. The van der Waals surface area contributed by atoms with E-state index in [0.29, 0.717) is 18.4 Å². The lowest BCUT2D eigenvalue weighted by Crippen LogP contribution is -2.61. The predicted octanol–water partition coefficient (Wildman–Crippen LogP) is 0.0763. The minimum Gasteiger partial charge on any atom is -0.508 e. The van der Waals surface area contributed by atoms with E-state index in [9.17, 15) is 30.3 Å². The number of phenolic OH excluding ortho intramolecular Hbond substituents is 1. The molecule has 166 valence electrons. The first-order valence-electron chi connectivity index (χ1n) is 10.0. The number of esters is 1. The van der Waals surface area contributed by atoms with Crippen LogP contribution < -0.4 is 0 Å². The molecule has 30 heavy (non-hydrogen) atoms. The molecule has 1 aromatic carbocycles. The number of phenols is 1. The predicted molar refractivity (Wildman–Crippen MR) is 104 cm³/mol. The Morgan fingerprint density at radius 3 is 2.47 bits per heavy atom. The van der Waals surface area contributed by atoms with Crippen LogP contribution in [0, 0.1) is 0 Å². The van der Waals surface area contributed by atoms with Gasteiger partial charge in [-0.1, -0.05) is 25.0 Å².